The molecule has 2 fully saturated rings. The number of carbonyl (C=O) groups is 2. The zero-order valence-electron chi connectivity index (χ0n) is 16.4. The van der Waals surface area contributed by atoms with Gasteiger partial charge in [0.05, 0.1) is 14.0 Å². The molecule has 1 saturated carbocycles. The zero-order chi connectivity index (χ0) is 19.7. The van der Waals surface area contributed by atoms with Crippen LogP contribution in [0.25, 0.3) is 0 Å². The van der Waals surface area contributed by atoms with Crippen molar-refractivity contribution in [3.05, 3.63) is 21.4 Å². The summed E-state index contributed by atoms with van der Waals surface area (Å²) in [7, 11) is -1.48. The van der Waals surface area contributed by atoms with E-state index in [0.29, 0.717) is 0 Å². The van der Waals surface area contributed by atoms with Gasteiger partial charge in [0.1, 0.15) is 5.92 Å². The summed E-state index contributed by atoms with van der Waals surface area (Å²) in [6.07, 6.45) is 5.75. The predicted molar refractivity (Wildman–Crippen MR) is 113 cm³/mol. The molecule has 26 heavy (non-hydrogen) atoms. The number of halogens is 1. The maximum absolute atomic E-state index is 12.7. The monoisotopic (exact) mass is 488 g/mol. The van der Waals surface area contributed by atoms with Crippen LogP contribution in [0.4, 0.5) is 0 Å². The Bertz CT molecular complexity index is 720. The van der Waals surface area contributed by atoms with Crippen molar-refractivity contribution >= 4 is 42.6 Å². The molecule has 1 unspecified atom stereocenters. The molecule has 2 heterocycles. The van der Waals surface area contributed by atoms with Crippen molar-refractivity contribution < 1.29 is 19.4 Å². The van der Waals surface area contributed by atoms with Crippen molar-refractivity contribution in [3.8, 4) is 0 Å². The molecule has 0 aromatic carbocycles. The summed E-state index contributed by atoms with van der Waals surface area (Å²) < 4.78 is 6.90. The molecule has 0 amide bonds. The van der Waals surface area contributed by atoms with Crippen LogP contribution < -0.4 is 0 Å². The Kier molecular flexibility index (Phi) is 4.59. The molecule has 1 saturated heterocycles. The minimum Gasteiger partial charge on any atom is -0.481 e. The number of carbonyl (C=O) groups excluding carboxylic acids is 1. The Hall–Kier alpha value is -0.633. The van der Waals surface area contributed by atoms with Gasteiger partial charge in [0.15, 0.2) is 5.60 Å². The fourth-order valence-electron chi connectivity index (χ4n) is 5.31. The van der Waals surface area contributed by atoms with Gasteiger partial charge in [-0.3, -0.25) is 9.59 Å². The highest BCUT2D eigenvalue weighted by Crippen LogP contribution is 2.67. The molecular formula is C20H29IO4Si. The van der Waals surface area contributed by atoms with Crippen LogP contribution in [0.1, 0.15) is 33.6 Å². The summed E-state index contributed by atoms with van der Waals surface area (Å²) in [6.45, 7) is 12.9. The van der Waals surface area contributed by atoms with Crippen molar-refractivity contribution in [1.29, 1.82) is 0 Å². The molecule has 4 aliphatic rings. The summed E-state index contributed by atoms with van der Waals surface area (Å²) in [5.74, 6) is -2.16. The number of carboxylic acid groups (broad SMARTS) is 1. The lowest BCUT2D eigenvalue weighted by Crippen LogP contribution is -2.70. The van der Waals surface area contributed by atoms with Crippen LogP contribution >= 0.6 is 22.6 Å². The summed E-state index contributed by atoms with van der Waals surface area (Å²) in [6, 6.07) is 0. The number of esters is 1. The van der Waals surface area contributed by atoms with E-state index in [1.54, 1.807) is 0 Å². The second-order valence-electron chi connectivity index (χ2n) is 10.1. The Labute approximate surface area is 170 Å². The lowest BCUT2D eigenvalue weighted by Gasteiger charge is -2.64. The fourth-order valence-corrected chi connectivity index (χ4v) is 7.35. The average molecular weight is 488 g/mol. The van der Waals surface area contributed by atoms with E-state index < -0.39 is 31.0 Å². The lowest BCUT2D eigenvalue weighted by molar-refractivity contribution is -0.230. The smallest absolute Gasteiger partial charge is 0.314 e. The van der Waals surface area contributed by atoms with Crippen LogP contribution in [0.3, 0.4) is 0 Å². The molecular weight excluding hydrogens is 459 g/mol. The van der Waals surface area contributed by atoms with Gasteiger partial charge in [-0.05, 0) is 40.8 Å². The number of aliphatic carboxylic acids is 1. The minimum atomic E-state index is -1.48. The fraction of sp³-hybridized carbons (Fsp3) is 0.700. The van der Waals surface area contributed by atoms with Crippen LogP contribution in [0.5, 0.6) is 0 Å². The van der Waals surface area contributed by atoms with Crippen LogP contribution in [0.2, 0.25) is 19.6 Å². The normalized spacial score (nSPS) is 41.6. The topological polar surface area (TPSA) is 63.6 Å². The summed E-state index contributed by atoms with van der Waals surface area (Å²) >= 11 is 2.22. The Morgan fingerprint density at radius 2 is 1.96 bits per heavy atom. The van der Waals surface area contributed by atoms with Crippen molar-refractivity contribution in [3.63, 3.8) is 0 Å². The Balaban J connectivity index is 2.20. The SMILES string of the molecule is CC1(C=C[Si](C)(C)C)CC[C@H]2C(C)(C)[C@@H]3C=C(I)[C@]2(OC3=O)[C@H]1C(=O)O. The quantitative estimate of drug-likeness (QED) is 0.352. The summed E-state index contributed by atoms with van der Waals surface area (Å²) in [5, 5.41) is 10.3. The van der Waals surface area contributed by atoms with Gasteiger partial charge in [-0.25, -0.2) is 0 Å². The van der Waals surface area contributed by atoms with E-state index in [4.69, 9.17) is 4.74 Å². The third kappa shape index (κ3) is 2.74. The van der Waals surface area contributed by atoms with E-state index in [9.17, 15) is 14.7 Å². The lowest BCUT2D eigenvalue weighted by atomic mass is 9.46. The van der Waals surface area contributed by atoms with Crippen LogP contribution in [0.15, 0.2) is 21.4 Å². The van der Waals surface area contributed by atoms with Crippen LogP contribution in [0, 0.1) is 28.6 Å². The zero-order valence-corrected chi connectivity index (χ0v) is 19.6. The first-order valence-corrected chi connectivity index (χ1v) is 14.0. The minimum absolute atomic E-state index is 0.0315. The number of carboxylic acids is 1. The van der Waals surface area contributed by atoms with E-state index >= 15 is 0 Å². The van der Waals surface area contributed by atoms with Gasteiger partial charge in [0, 0.05) is 14.9 Å². The molecule has 4 nitrogen and oxygen atoms in total. The first-order valence-electron chi connectivity index (χ1n) is 9.29. The molecule has 1 N–H and O–H groups in total. The van der Waals surface area contributed by atoms with Crippen LogP contribution in [-0.4, -0.2) is 30.7 Å². The van der Waals surface area contributed by atoms with Gasteiger partial charge < -0.3 is 9.84 Å². The van der Waals surface area contributed by atoms with Gasteiger partial charge in [0.25, 0.3) is 0 Å². The number of ether oxygens (including phenoxy) is 1. The number of fused-ring (bicyclic) bond motifs is 1. The molecule has 2 aliphatic heterocycles. The Morgan fingerprint density at radius 1 is 1.35 bits per heavy atom. The number of allylic oxidation sites excluding steroid dienone is 1. The van der Waals surface area contributed by atoms with Crippen molar-refractivity contribution in [2.24, 2.45) is 28.6 Å². The van der Waals surface area contributed by atoms with Gasteiger partial charge in [-0.15, -0.1) is 0 Å². The predicted octanol–water partition coefficient (Wildman–Crippen LogP) is 4.81. The standard InChI is InChI=1S/C20H29IO4Si/c1-18(2)12-11-14(21)20(25-17(12)24)13(18)7-8-19(3,15(20)16(22)23)9-10-26(4,5)6/h9-13,15H,7-8H2,1-6H3,(H,22,23)/t12-,13+,15+,19?,20+/m1/s1. The maximum Gasteiger partial charge on any atom is 0.314 e. The van der Waals surface area contributed by atoms with E-state index in [0.717, 1.165) is 16.4 Å². The van der Waals surface area contributed by atoms with Gasteiger partial charge in [0.2, 0.25) is 0 Å². The van der Waals surface area contributed by atoms with E-state index in [-0.39, 0.29) is 23.2 Å². The van der Waals surface area contributed by atoms with Crippen molar-refractivity contribution in [2.45, 2.75) is 58.9 Å². The molecule has 1 spiro atoms. The third-order valence-corrected chi connectivity index (χ3v) is 9.07. The summed E-state index contributed by atoms with van der Waals surface area (Å²) in [5.41, 5.74) is 0.366. The van der Waals surface area contributed by atoms with Gasteiger partial charge >= 0.3 is 11.9 Å². The maximum atomic E-state index is 12.7. The second kappa shape index (κ2) is 5.93. The molecule has 0 radical (unpaired) electrons. The molecule has 2 aliphatic carbocycles. The first-order chi connectivity index (χ1) is 11.8. The average Bonchev–Trinajstić information content (AvgIpc) is 2.46. The van der Waals surface area contributed by atoms with Crippen molar-refractivity contribution in [1.82, 2.24) is 0 Å². The van der Waals surface area contributed by atoms with E-state index in [2.05, 4.69) is 67.9 Å². The third-order valence-electron chi connectivity index (χ3n) is 6.70. The molecule has 4 rings (SSSR count). The largest absolute Gasteiger partial charge is 0.481 e. The van der Waals surface area contributed by atoms with Crippen molar-refractivity contribution in [2.75, 3.05) is 0 Å². The second-order valence-corrected chi connectivity index (χ2v) is 16.3. The molecule has 6 heteroatoms. The van der Waals surface area contributed by atoms with Gasteiger partial charge in [-0.1, -0.05) is 58.3 Å². The molecule has 0 aromatic heterocycles. The molecule has 5 atom stereocenters. The molecule has 2 bridgehead atoms. The summed E-state index contributed by atoms with van der Waals surface area (Å²) in [4.78, 5) is 25.2. The highest BCUT2D eigenvalue weighted by Gasteiger charge is 2.71. The van der Waals surface area contributed by atoms with E-state index in [1.807, 2.05) is 13.0 Å². The highest BCUT2D eigenvalue weighted by atomic mass is 127. The van der Waals surface area contributed by atoms with Gasteiger partial charge in [-0.2, -0.15) is 0 Å². The Morgan fingerprint density at radius 3 is 2.50 bits per heavy atom. The van der Waals surface area contributed by atoms with E-state index in [1.165, 1.54) is 0 Å². The number of rotatable bonds is 3. The molecule has 0 aromatic rings. The number of hydrogen-bond donors (Lipinski definition) is 1. The first kappa shape index (κ1) is 20.1. The van der Waals surface area contributed by atoms with Crippen LogP contribution in [-0.2, 0) is 14.3 Å². The number of hydrogen-bond acceptors (Lipinski definition) is 3. The highest BCUT2D eigenvalue weighted by molar-refractivity contribution is 14.1. The molecule has 144 valence electrons.